The van der Waals surface area contributed by atoms with Gasteiger partial charge in [-0.2, -0.15) is 0 Å². The van der Waals surface area contributed by atoms with E-state index in [1.807, 2.05) is 18.2 Å². The Morgan fingerprint density at radius 1 is 1.33 bits per heavy atom. The second kappa shape index (κ2) is 5.53. The number of benzene rings is 1. The number of hydrogen-bond acceptors (Lipinski definition) is 2. The average molecular weight is 247 g/mol. The van der Waals surface area contributed by atoms with Gasteiger partial charge in [-0.1, -0.05) is 37.3 Å². The van der Waals surface area contributed by atoms with Gasteiger partial charge < -0.3 is 5.11 Å². The largest absolute Gasteiger partial charge is 0.481 e. The summed E-state index contributed by atoms with van der Waals surface area (Å²) in [6.45, 7) is 5.95. The van der Waals surface area contributed by atoms with Crippen LogP contribution in [0.1, 0.15) is 31.9 Å². The number of likely N-dealkylation sites (tertiary alicyclic amines) is 1. The monoisotopic (exact) mass is 247 g/mol. The van der Waals surface area contributed by atoms with Crippen molar-refractivity contribution in [3.63, 3.8) is 0 Å². The molecular formula is C15H21NO2. The van der Waals surface area contributed by atoms with Gasteiger partial charge in [0.05, 0.1) is 5.92 Å². The quantitative estimate of drug-likeness (QED) is 0.893. The molecule has 0 aliphatic carbocycles. The van der Waals surface area contributed by atoms with Gasteiger partial charge >= 0.3 is 5.97 Å². The highest BCUT2D eigenvalue weighted by Crippen LogP contribution is 2.29. The van der Waals surface area contributed by atoms with Crippen LogP contribution in [0.4, 0.5) is 0 Å². The van der Waals surface area contributed by atoms with Gasteiger partial charge in [0.25, 0.3) is 0 Å². The van der Waals surface area contributed by atoms with Crippen LogP contribution in [0.25, 0.3) is 0 Å². The van der Waals surface area contributed by atoms with Crippen LogP contribution in [-0.2, 0) is 4.79 Å². The Hall–Kier alpha value is -1.35. The van der Waals surface area contributed by atoms with Gasteiger partial charge in [-0.05, 0) is 24.8 Å². The lowest BCUT2D eigenvalue weighted by Gasteiger charge is -2.38. The predicted molar refractivity (Wildman–Crippen MR) is 71.3 cm³/mol. The summed E-state index contributed by atoms with van der Waals surface area (Å²) in [4.78, 5) is 13.5. The van der Waals surface area contributed by atoms with Crippen LogP contribution >= 0.6 is 0 Å². The van der Waals surface area contributed by atoms with Gasteiger partial charge in [0.2, 0.25) is 0 Å². The minimum Gasteiger partial charge on any atom is -0.481 e. The summed E-state index contributed by atoms with van der Waals surface area (Å²) in [6, 6.07) is 10.6. The highest BCUT2D eigenvalue weighted by Gasteiger charge is 2.31. The van der Waals surface area contributed by atoms with Crippen LogP contribution in [0, 0.1) is 11.8 Å². The lowest BCUT2D eigenvalue weighted by Crippen LogP contribution is -2.43. The Morgan fingerprint density at radius 2 is 2.00 bits per heavy atom. The summed E-state index contributed by atoms with van der Waals surface area (Å²) in [5.74, 6) is -0.433. The van der Waals surface area contributed by atoms with Crippen molar-refractivity contribution >= 4 is 5.97 Å². The standard InChI is InChI=1S/C15H21NO2/c1-11-8-14(15(17)18)10-16(9-11)12(2)13-6-4-3-5-7-13/h3-7,11-12,14H,8-10H2,1-2H3,(H,17,18). The SMILES string of the molecule is CC1CC(C(=O)O)CN(C(C)c2ccccc2)C1. The van der Waals surface area contributed by atoms with Crippen LogP contribution in [0.5, 0.6) is 0 Å². The fourth-order valence-corrected chi connectivity index (χ4v) is 2.83. The van der Waals surface area contributed by atoms with E-state index in [0.29, 0.717) is 12.5 Å². The maximum absolute atomic E-state index is 11.2. The first-order valence-corrected chi connectivity index (χ1v) is 6.59. The van der Waals surface area contributed by atoms with E-state index in [4.69, 9.17) is 0 Å². The lowest BCUT2D eigenvalue weighted by molar-refractivity contribution is -0.144. The third-order valence-corrected chi connectivity index (χ3v) is 3.87. The van der Waals surface area contributed by atoms with Gasteiger partial charge in [-0.3, -0.25) is 9.69 Å². The molecule has 1 fully saturated rings. The Kier molecular flexibility index (Phi) is 4.02. The fraction of sp³-hybridized carbons (Fsp3) is 0.533. The number of piperidine rings is 1. The Morgan fingerprint density at radius 3 is 2.61 bits per heavy atom. The zero-order chi connectivity index (χ0) is 13.1. The van der Waals surface area contributed by atoms with E-state index in [2.05, 4.69) is 30.9 Å². The molecule has 1 aliphatic heterocycles. The number of carboxylic acids is 1. The minimum absolute atomic E-state index is 0.222. The van der Waals surface area contributed by atoms with E-state index in [0.717, 1.165) is 13.0 Å². The van der Waals surface area contributed by atoms with E-state index in [1.54, 1.807) is 0 Å². The van der Waals surface area contributed by atoms with Crippen molar-refractivity contribution in [3.05, 3.63) is 35.9 Å². The molecule has 1 aromatic carbocycles. The Bertz CT molecular complexity index is 404. The summed E-state index contributed by atoms with van der Waals surface area (Å²) < 4.78 is 0. The van der Waals surface area contributed by atoms with Crippen LogP contribution in [0.15, 0.2) is 30.3 Å². The second-order valence-corrected chi connectivity index (χ2v) is 5.42. The maximum atomic E-state index is 11.2. The molecule has 2 rings (SSSR count). The highest BCUT2D eigenvalue weighted by molar-refractivity contribution is 5.70. The molecule has 0 radical (unpaired) electrons. The molecule has 0 saturated carbocycles. The normalized spacial score (nSPS) is 26.8. The molecule has 0 amide bonds. The van der Waals surface area contributed by atoms with Crippen LogP contribution < -0.4 is 0 Å². The average Bonchev–Trinajstić information content (AvgIpc) is 2.38. The van der Waals surface area contributed by atoms with Crippen molar-refractivity contribution in [2.45, 2.75) is 26.3 Å². The molecule has 1 saturated heterocycles. The first-order valence-electron chi connectivity index (χ1n) is 6.59. The van der Waals surface area contributed by atoms with E-state index >= 15 is 0 Å². The molecule has 1 N–H and O–H groups in total. The third kappa shape index (κ3) is 2.91. The number of rotatable bonds is 3. The molecule has 3 unspecified atom stereocenters. The Labute approximate surface area is 108 Å². The summed E-state index contributed by atoms with van der Waals surface area (Å²) in [5.41, 5.74) is 1.26. The number of carboxylic acid groups (broad SMARTS) is 1. The van der Waals surface area contributed by atoms with Crippen molar-refractivity contribution in [3.8, 4) is 0 Å². The lowest BCUT2D eigenvalue weighted by atomic mass is 9.89. The summed E-state index contributed by atoms with van der Waals surface area (Å²) in [7, 11) is 0. The van der Waals surface area contributed by atoms with Gasteiger partial charge in [0.15, 0.2) is 0 Å². The molecule has 3 atom stereocenters. The molecule has 1 heterocycles. The molecular weight excluding hydrogens is 226 g/mol. The third-order valence-electron chi connectivity index (χ3n) is 3.87. The van der Waals surface area contributed by atoms with Crippen molar-refractivity contribution in [2.75, 3.05) is 13.1 Å². The van der Waals surface area contributed by atoms with Crippen molar-refractivity contribution in [2.24, 2.45) is 11.8 Å². The first-order chi connectivity index (χ1) is 8.58. The van der Waals surface area contributed by atoms with Crippen LogP contribution in [0.2, 0.25) is 0 Å². The van der Waals surface area contributed by atoms with E-state index < -0.39 is 5.97 Å². The molecule has 18 heavy (non-hydrogen) atoms. The summed E-state index contributed by atoms with van der Waals surface area (Å²) >= 11 is 0. The number of nitrogens with zero attached hydrogens (tertiary/aromatic N) is 1. The zero-order valence-electron chi connectivity index (χ0n) is 11.0. The van der Waals surface area contributed by atoms with Gasteiger partial charge in [0, 0.05) is 19.1 Å². The smallest absolute Gasteiger partial charge is 0.307 e. The summed E-state index contributed by atoms with van der Waals surface area (Å²) in [6.07, 6.45) is 0.799. The molecule has 0 spiro atoms. The molecule has 3 nitrogen and oxygen atoms in total. The minimum atomic E-state index is -0.660. The molecule has 98 valence electrons. The van der Waals surface area contributed by atoms with Crippen LogP contribution in [-0.4, -0.2) is 29.1 Å². The molecule has 0 aromatic heterocycles. The van der Waals surface area contributed by atoms with Gasteiger partial charge in [-0.25, -0.2) is 0 Å². The van der Waals surface area contributed by atoms with E-state index in [9.17, 15) is 9.90 Å². The highest BCUT2D eigenvalue weighted by atomic mass is 16.4. The molecule has 0 bridgehead atoms. The van der Waals surface area contributed by atoms with Crippen molar-refractivity contribution in [1.29, 1.82) is 0 Å². The molecule has 3 heteroatoms. The van der Waals surface area contributed by atoms with Crippen molar-refractivity contribution < 1.29 is 9.90 Å². The Balaban J connectivity index is 2.10. The molecule has 1 aromatic rings. The number of aliphatic carboxylic acids is 1. The maximum Gasteiger partial charge on any atom is 0.307 e. The molecule has 1 aliphatic rings. The second-order valence-electron chi connectivity index (χ2n) is 5.42. The number of carbonyl (C=O) groups is 1. The predicted octanol–water partition coefficient (Wildman–Crippen LogP) is 2.79. The topological polar surface area (TPSA) is 40.5 Å². The van der Waals surface area contributed by atoms with E-state index in [-0.39, 0.29) is 12.0 Å². The van der Waals surface area contributed by atoms with Gasteiger partial charge in [-0.15, -0.1) is 0 Å². The first kappa shape index (κ1) is 13.1. The fourth-order valence-electron chi connectivity index (χ4n) is 2.83. The zero-order valence-corrected chi connectivity index (χ0v) is 11.0. The van der Waals surface area contributed by atoms with E-state index in [1.165, 1.54) is 5.56 Å². The number of hydrogen-bond donors (Lipinski definition) is 1. The summed E-state index contributed by atoms with van der Waals surface area (Å²) in [5, 5.41) is 9.20. The van der Waals surface area contributed by atoms with Crippen LogP contribution in [0.3, 0.4) is 0 Å². The van der Waals surface area contributed by atoms with Crippen molar-refractivity contribution in [1.82, 2.24) is 4.90 Å². The van der Waals surface area contributed by atoms with Gasteiger partial charge in [0.1, 0.15) is 0 Å².